The fraction of sp³-hybridized carbons (Fsp3) is 0.250. The van der Waals surface area contributed by atoms with Crippen molar-refractivity contribution in [1.82, 2.24) is 0 Å². The lowest BCUT2D eigenvalue weighted by molar-refractivity contribution is -0.384. The maximum absolute atomic E-state index is 10.6. The molecule has 0 radical (unpaired) electrons. The number of rotatable bonds is 4. The summed E-state index contributed by atoms with van der Waals surface area (Å²) in [6.07, 6.45) is 0.881. The van der Waals surface area contributed by atoms with Crippen molar-refractivity contribution in [3.05, 3.63) is 64.2 Å². The summed E-state index contributed by atoms with van der Waals surface area (Å²) in [5, 5.41) is 14.0. The molecule has 0 bridgehead atoms. The van der Waals surface area contributed by atoms with Crippen molar-refractivity contribution in [1.29, 1.82) is 0 Å². The molecule has 1 heterocycles. The summed E-state index contributed by atoms with van der Waals surface area (Å²) in [5.41, 5.74) is 3.67. The van der Waals surface area contributed by atoms with E-state index >= 15 is 0 Å². The number of nitro groups is 1. The lowest BCUT2D eigenvalue weighted by atomic mass is 10.1. The molecule has 0 spiro atoms. The molecule has 0 saturated carbocycles. The van der Waals surface area contributed by atoms with E-state index in [4.69, 9.17) is 0 Å². The van der Waals surface area contributed by atoms with E-state index in [0.29, 0.717) is 0 Å². The zero-order valence-corrected chi connectivity index (χ0v) is 12.9. The maximum atomic E-state index is 10.6. The van der Waals surface area contributed by atoms with Crippen LogP contribution in [0.3, 0.4) is 0 Å². The summed E-state index contributed by atoms with van der Waals surface area (Å²) < 4.78 is 0. The smallest absolute Gasteiger partial charge is 0.269 e. The summed E-state index contributed by atoms with van der Waals surface area (Å²) in [7, 11) is 0. The number of anilines is 2. The van der Waals surface area contributed by atoms with Crippen molar-refractivity contribution >= 4 is 29.5 Å². The second-order valence-corrected chi connectivity index (χ2v) is 5.10. The van der Waals surface area contributed by atoms with Crippen LogP contribution in [0.2, 0.25) is 0 Å². The average molecular weight is 320 g/mol. The van der Waals surface area contributed by atoms with Gasteiger partial charge in [0.2, 0.25) is 0 Å². The van der Waals surface area contributed by atoms with Crippen molar-refractivity contribution < 1.29 is 4.92 Å². The standard InChI is InChI=1S/C16H17N3O2.ClH/c20-19(21)14-7-5-13(6-8-14)9-11-18-12-10-17-15-3-1-2-4-16(15)18;/h1-8,17H,9-12H2;1H. The molecule has 2 aromatic rings. The normalized spacial score (nSPS) is 12.8. The van der Waals surface area contributed by atoms with Gasteiger partial charge < -0.3 is 10.2 Å². The minimum absolute atomic E-state index is 0. The lowest BCUT2D eigenvalue weighted by Crippen LogP contribution is -2.35. The summed E-state index contributed by atoms with van der Waals surface area (Å²) in [6, 6.07) is 15.1. The van der Waals surface area contributed by atoms with Crippen LogP contribution in [-0.4, -0.2) is 24.6 Å². The highest BCUT2D eigenvalue weighted by atomic mass is 35.5. The minimum atomic E-state index is -0.365. The quantitative estimate of drug-likeness (QED) is 0.692. The molecule has 0 unspecified atom stereocenters. The van der Waals surface area contributed by atoms with E-state index in [1.54, 1.807) is 12.1 Å². The average Bonchev–Trinajstić information content (AvgIpc) is 2.53. The van der Waals surface area contributed by atoms with Crippen molar-refractivity contribution in [2.24, 2.45) is 0 Å². The number of nitrogens with one attached hydrogen (secondary N) is 1. The van der Waals surface area contributed by atoms with Crippen LogP contribution < -0.4 is 10.2 Å². The number of halogens is 1. The molecule has 5 nitrogen and oxygen atoms in total. The Morgan fingerprint density at radius 2 is 1.86 bits per heavy atom. The van der Waals surface area contributed by atoms with E-state index in [0.717, 1.165) is 31.6 Å². The summed E-state index contributed by atoms with van der Waals surface area (Å²) in [4.78, 5) is 12.6. The predicted octanol–water partition coefficient (Wildman–Crippen LogP) is 3.49. The van der Waals surface area contributed by atoms with Crippen LogP contribution in [0.5, 0.6) is 0 Å². The first-order chi connectivity index (χ1) is 10.2. The minimum Gasteiger partial charge on any atom is -0.382 e. The number of nitro benzene ring substituents is 1. The Hall–Kier alpha value is -2.27. The summed E-state index contributed by atoms with van der Waals surface area (Å²) in [6.45, 7) is 2.83. The van der Waals surface area contributed by atoms with Crippen LogP contribution in [0, 0.1) is 10.1 Å². The molecule has 116 valence electrons. The van der Waals surface area contributed by atoms with Gasteiger partial charge in [-0.1, -0.05) is 24.3 Å². The Balaban J connectivity index is 0.00000176. The summed E-state index contributed by atoms with van der Waals surface area (Å²) in [5.74, 6) is 0. The third kappa shape index (κ3) is 3.49. The van der Waals surface area contributed by atoms with Crippen LogP contribution in [0.25, 0.3) is 0 Å². The van der Waals surface area contributed by atoms with Gasteiger partial charge in [-0.15, -0.1) is 12.4 Å². The van der Waals surface area contributed by atoms with Crippen molar-refractivity contribution in [3.63, 3.8) is 0 Å². The van der Waals surface area contributed by atoms with E-state index in [2.05, 4.69) is 22.3 Å². The van der Waals surface area contributed by atoms with Gasteiger partial charge in [0.25, 0.3) is 5.69 Å². The molecule has 2 aromatic carbocycles. The highest BCUT2D eigenvalue weighted by Gasteiger charge is 2.15. The van der Waals surface area contributed by atoms with E-state index in [1.807, 2.05) is 24.3 Å². The van der Waals surface area contributed by atoms with Crippen LogP contribution in [0.1, 0.15) is 5.56 Å². The molecule has 1 N–H and O–H groups in total. The summed E-state index contributed by atoms with van der Waals surface area (Å²) >= 11 is 0. The van der Waals surface area contributed by atoms with Crippen LogP contribution >= 0.6 is 12.4 Å². The van der Waals surface area contributed by atoms with E-state index in [9.17, 15) is 10.1 Å². The zero-order chi connectivity index (χ0) is 14.7. The van der Waals surface area contributed by atoms with Gasteiger partial charge in [0, 0.05) is 31.8 Å². The molecule has 1 aliphatic rings. The molecule has 22 heavy (non-hydrogen) atoms. The zero-order valence-electron chi connectivity index (χ0n) is 12.1. The number of hydrogen-bond donors (Lipinski definition) is 1. The van der Waals surface area contributed by atoms with Gasteiger partial charge in [-0.3, -0.25) is 10.1 Å². The van der Waals surface area contributed by atoms with Gasteiger partial charge in [-0.25, -0.2) is 0 Å². The predicted molar refractivity (Wildman–Crippen MR) is 91.2 cm³/mol. The molecule has 0 amide bonds. The van der Waals surface area contributed by atoms with Crippen molar-refractivity contribution in [2.45, 2.75) is 6.42 Å². The number of nitrogens with zero attached hydrogens (tertiary/aromatic N) is 2. The number of non-ortho nitro benzene ring substituents is 1. The second-order valence-electron chi connectivity index (χ2n) is 5.10. The third-order valence-corrected chi connectivity index (χ3v) is 3.76. The Morgan fingerprint density at radius 3 is 2.59 bits per heavy atom. The Labute approximate surface area is 135 Å². The first-order valence-electron chi connectivity index (χ1n) is 7.05. The monoisotopic (exact) mass is 319 g/mol. The number of hydrogen-bond acceptors (Lipinski definition) is 4. The number of fused-ring (bicyclic) bond motifs is 1. The Morgan fingerprint density at radius 1 is 1.14 bits per heavy atom. The largest absolute Gasteiger partial charge is 0.382 e. The number of para-hydroxylation sites is 2. The van der Waals surface area contributed by atoms with Gasteiger partial charge in [0.1, 0.15) is 0 Å². The molecule has 0 fully saturated rings. The highest BCUT2D eigenvalue weighted by molar-refractivity contribution is 5.85. The molecule has 3 rings (SSSR count). The van der Waals surface area contributed by atoms with Crippen LogP contribution in [0.4, 0.5) is 17.1 Å². The van der Waals surface area contributed by atoms with Crippen LogP contribution in [0.15, 0.2) is 48.5 Å². The van der Waals surface area contributed by atoms with Gasteiger partial charge >= 0.3 is 0 Å². The SMILES string of the molecule is Cl.O=[N+]([O-])c1ccc(CCN2CCNc3ccccc32)cc1. The topological polar surface area (TPSA) is 58.4 Å². The van der Waals surface area contributed by atoms with Gasteiger partial charge in [-0.05, 0) is 24.1 Å². The van der Waals surface area contributed by atoms with Crippen LogP contribution in [-0.2, 0) is 6.42 Å². The molecule has 0 saturated heterocycles. The Bertz CT molecular complexity index is 646. The van der Waals surface area contributed by atoms with Gasteiger partial charge in [-0.2, -0.15) is 0 Å². The van der Waals surface area contributed by atoms with Gasteiger partial charge in [0.05, 0.1) is 16.3 Å². The molecule has 6 heteroatoms. The van der Waals surface area contributed by atoms with Gasteiger partial charge in [0.15, 0.2) is 0 Å². The maximum Gasteiger partial charge on any atom is 0.269 e. The first kappa shape index (κ1) is 16.1. The fourth-order valence-electron chi connectivity index (χ4n) is 2.63. The number of benzene rings is 2. The molecule has 0 aromatic heterocycles. The van der Waals surface area contributed by atoms with E-state index in [1.165, 1.54) is 11.4 Å². The Kier molecular flexibility index (Phi) is 5.22. The molecule has 0 aliphatic carbocycles. The van der Waals surface area contributed by atoms with E-state index < -0.39 is 0 Å². The van der Waals surface area contributed by atoms with E-state index in [-0.39, 0.29) is 23.0 Å². The first-order valence-corrected chi connectivity index (χ1v) is 7.05. The molecule has 1 aliphatic heterocycles. The third-order valence-electron chi connectivity index (χ3n) is 3.76. The highest BCUT2D eigenvalue weighted by Crippen LogP contribution is 2.28. The molecular formula is C16H18ClN3O2. The van der Waals surface area contributed by atoms with Crippen molar-refractivity contribution in [3.8, 4) is 0 Å². The molecule has 0 atom stereocenters. The van der Waals surface area contributed by atoms with Crippen molar-refractivity contribution in [2.75, 3.05) is 29.9 Å². The molecular weight excluding hydrogens is 302 g/mol. The second kappa shape index (κ2) is 7.13. The lowest BCUT2D eigenvalue weighted by Gasteiger charge is -2.32. The fourth-order valence-corrected chi connectivity index (χ4v) is 2.63.